The zero-order valence-corrected chi connectivity index (χ0v) is 16.3. The van der Waals surface area contributed by atoms with Crippen LogP contribution in [0.2, 0.25) is 0 Å². The summed E-state index contributed by atoms with van der Waals surface area (Å²) in [5, 5.41) is 22.1. The van der Waals surface area contributed by atoms with E-state index in [-0.39, 0.29) is 5.41 Å². The molecule has 0 unspecified atom stereocenters. The molecule has 0 aliphatic carbocycles. The van der Waals surface area contributed by atoms with Crippen LogP contribution in [-0.4, -0.2) is 39.8 Å². The maximum atomic E-state index is 4.63. The number of aromatic nitrogens is 4. The Morgan fingerprint density at radius 1 is 1.22 bits per heavy atom. The molecule has 0 amide bonds. The van der Waals surface area contributed by atoms with Gasteiger partial charge in [-0.05, 0) is 5.75 Å². The number of hydrogen-bond donors (Lipinski definition) is 0. The van der Waals surface area contributed by atoms with E-state index in [1.807, 2.05) is 30.7 Å². The maximum absolute atomic E-state index is 4.63. The lowest BCUT2D eigenvalue weighted by atomic mass is 9.91. The fourth-order valence-corrected chi connectivity index (χ4v) is 3.68. The van der Waals surface area contributed by atoms with E-state index in [1.165, 1.54) is 11.3 Å². The van der Waals surface area contributed by atoms with Crippen LogP contribution in [0.1, 0.15) is 33.4 Å². The Labute approximate surface area is 145 Å². The van der Waals surface area contributed by atoms with Crippen LogP contribution in [0.3, 0.4) is 0 Å². The van der Waals surface area contributed by atoms with Gasteiger partial charge in [0.05, 0.1) is 5.69 Å². The average molecular weight is 354 g/mol. The highest BCUT2D eigenvalue weighted by Gasteiger charge is 2.27. The third-order valence-electron chi connectivity index (χ3n) is 3.03. The molecule has 0 saturated carbocycles. The highest BCUT2D eigenvalue weighted by Crippen LogP contribution is 2.39. The van der Waals surface area contributed by atoms with E-state index < -0.39 is 0 Å². The number of rotatable bonds is 5. The Balaban J connectivity index is 2.42. The molecule has 0 bridgehead atoms. The summed E-state index contributed by atoms with van der Waals surface area (Å²) in [4.78, 5) is 2.00. The molecule has 9 heteroatoms. The number of azo groups is 1. The summed E-state index contributed by atoms with van der Waals surface area (Å²) < 4.78 is 2.75. The van der Waals surface area contributed by atoms with E-state index in [0.717, 1.165) is 27.3 Å². The molecular weight excluding hydrogens is 330 g/mol. The number of thioether (sulfide) groups is 1. The smallest absolute Gasteiger partial charge is 0.252 e. The Kier molecular flexibility index (Phi) is 5.41. The van der Waals surface area contributed by atoms with Gasteiger partial charge in [-0.25, -0.2) is 0 Å². The molecule has 0 aliphatic rings. The summed E-state index contributed by atoms with van der Waals surface area (Å²) >= 11 is 3.11. The van der Waals surface area contributed by atoms with Crippen molar-refractivity contribution in [1.82, 2.24) is 20.0 Å². The summed E-state index contributed by atoms with van der Waals surface area (Å²) in [6.07, 6.45) is 0. The Morgan fingerprint density at radius 3 is 2.48 bits per heavy atom. The summed E-state index contributed by atoms with van der Waals surface area (Å²) in [5.74, 6) is 1.89. The predicted octanol–water partition coefficient (Wildman–Crippen LogP) is 4.16. The number of hydrogen-bond acceptors (Lipinski definition) is 8. The van der Waals surface area contributed by atoms with Crippen molar-refractivity contribution in [3.8, 4) is 0 Å². The van der Waals surface area contributed by atoms with Crippen molar-refractivity contribution in [2.75, 3.05) is 24.7 Å². The molecule has 0 aliphatic heterocycles. The van der Waals surface area contributed by atoms with Crippen molar-refractivity contribution in [3.63, 3.8) is 0 Å². The quantitative estimate of drug-likeness (QED) is 0.596. The topological polar surface area (TPSA) is 71.6 Å². The minimum atomic E-state index is -0.120. The van der Waals surface area contributed by atoms with Crippen molar-refractivity contribution in [3.05, 3.63) is 5.69 Å². The van der Waals surface area contributed by atoms with Crippen LogP contribution in [0, 0.1) is 0 Å². The summed E-state index contributed by atoms with van der Waals surface area (Å²) in [5.41, 5.74) is 1.58. The minimum Gasteiger partial charge on any atom is -0.361 e. The fourth-order valence-electron chi connectivity index (χ4n) is 2.12. The first-order chi connectivity index (χ1) is 10.7. The Hall–Kier alpha value is -1.48. The lowest BCUT2D eigenvalue weighted by Crippen LogP contribution is -2.13. The van der Waals surface area contributed by atoms with E-state index in [0.29, 0.717) is 5.13 Å². The Bertz CT molecular complexity index is 695. The first-order valence-corrected chi connectivity index (χ1v) is 9.17. The number of anilines is 1. The van der Waals surface area contributed by atoms with Gasteiger partial charge in [0.2, 0.25) is 0 Å². The third kappa shape index (κ3) is 4.08. The molecule has 23 heavy (non-hydrogen) atoms. The lowest BCUT2D eigenvalue weighted by molar-refractivity contribution is 0.553. The molecule has 2 aromatic heterocycles. The first kappa shape index (κ1) is 17.9. The molecule has 0 N–H and O–H groups in total. The van der Waals surface area contributed by atoms with Crippen LogP contribution in [0.4, 0.5) is 16.6 Å². The van der Waals surface area contributed by atoms with E-state index >= 15 is 0 Å². The third-order valence-corrected chi connectivity index (χ3v) is 4.85. The van der Waals surface area contributed by atoms with E-state index in [4.69, 9.17) is 0 Å². The first-order valence-electron chi connectivity index (χ1n) is 7.37. The maximum Gasteiger partial charge on any atom is 0.252 e. The molecule has 7 nitrogen and oxygen atoms in total. The van der Waals surface area contributed by atoms with Gasteiger partial charge >= 0.3 is 0 Å². The fraction of sp³-hybridized carbons (Fsp3) is 0.643. The second-order valence-corrected chi connectivity index (χ2v) is 8.74. The van der Waals surface area contributed by atoms with Gasteiger partial charge in [0.1, 0.15) is 0 Å². The normalized spacial score (nSPS) is 12.3. The number of aryl methyl sites for hydroxylation is 1. The lowest BCUT2D eigenvalue weighted by Gasteiger charge is -2.16. The second kappa shape index (κ2) is 6.96. The predicted molar refractivity (Wildman–Crippen MR) is 96.7 cm³/mol. The van der Waals surface area contributed by atoms with E-state index in [1.54, 1.807) is 11.8 Å². The number of nitrogens with zero attached hydrogens (tertiary/aromatic N) is 7. The largest absolute Gasteiger partial charge is 0.361 e. The van der Waals surface area contributed by atoms with Crippen LogP contribution in [-0.2, 0) is 12.5 Å². The van der Waals surface area contributed by atoms with Crippen molar-refractivity contribution in [2.24, 2.45) is 17.3 Å². The molecule has 2 rings (SSSR count). The summed E-state index contributed by atoms with van der Waals surface area (Å²) in [7, 11) is 5.87. The second-order valence-electron chi connectivity index (χ2n) is 6.27. The van der Waals surface area contributed by atoms with Crippen LogP contribution in [0.15, 0.2) is 14.6 Å². The van der Waals surface area contributed by atoms with Crippen molar-refractivity contribution < 1.29 is 0 Å². The van der Waals surface area contributed by atoms with Gasteiger partial charge in [0.25, 0.3) is 5.13 Å². The minimum absolute atomic E-state index is 0.120. The summed E-state index contributed by atoms with van der Waals surface area (Å²) in [6.45, 7) is 8.44. The molecule has 0 spiro atoms. The SMILES string of the molecule is CCSc1nnc(N=Nc2c(C(C)(C)C)nn(C)c2N(C)C)s1. The molecule has 0 fully saturated rings. The van der Waals surface area contributed by atoms with Gasteiger partial charge < -0.3 is 4.90 Å². The molecular formula is C14H23N7S2. The van der Waals surface area contributed by atoms with Gasteiger partial charge in [0, 0.05) is 26.6 Å². The molecule has 0 aromatic carbocycles. The van der Waals surface area contributed by atoms with E-state index in [2.05, 4.69) is 53.2 Å². The Morgan fingerprint density at radius 2 is 1.91 bits per heavy atom. The zero-order chi connectivity index (χ0) is 17.2. The monoisotopic (exact) mass is 353 g/mol. The average Bonchev–Trinajstić information content (AvgIpc) is 3.00. The standard InChI is InChI=1S/C14H23N7S2/c1-8-22-13-18-17-12(23-13)16-15-9-10(14(2,3)4)19-21(7)11(9)20(5)6/h8H2,1-7H3. The van der Waals surface area contributed by atoms with Gasteiger partial charge in [-0.1, -0.05) is 50.8 Å². The van der Waals surface area contributed by atoms with Crippen LogP contribution in [0.25, 0.3) is 0 Å². The molecule has 2 heterocycles. The van der Waals surface area contributed by atoms with Crippen LogP contribution >= 0.6 is 23.1 Å². The molecule has 0 saturated heterocycles. The molecule has 2 aromatic rings. The van der Waals surface area contributed by atoms with Crippen LogP contribution < -0.4 is 4.90 Å². The van der Waals surface area contributed by atoms with Crippen molar-refractivity contribution >= 4 is 39.7 Å². The van der Waals surface area contributed by atoms with Gasteiger partial charge in [-0.3, -0.25) is 4.68 Å². The van der Waals surface area contributed by atoms with E-state index in [9.17, 15) is 0 Å². The summed E-state index contributed by atoms with van der Waals surface area (Å²) in [6, 6.07) is 0. The van der Waals surface area contributed by atoms with Gasteiger partial charge in [-0.2, -0.15) is 5.10 Å². The molecule has 0 atom stereocenters. The zero-order valence-electron chi connectivity index (χ0n) is 14.7. The highest BCUT2D eigenvalue weighted by molar-refractivity contribution is 8.01. The van der Waals surface area contributed by atoms with Crippen molar-refractivity contribution in [1.29, 1.82) is 0 Å². The van der Waals surface area contributed by atoms with Crippen LogP contribution in [0.5, 0.6) is 0 Å². The van der Waals surface area contributed by atoms with Gasteiger partial charge in [-0.15, -0.1) is 20.4 Å². The highest BCUT2D eigenvalue weighted by atomic mass is 32.2. The molecule has 0 radical (unpaired) electrons. The van der Waals surface area contributed by atoms with Gasteiger partial charge in [0.15, 0.2) is 15.8 Å². The van der Waals surface area contributed by atoms with Crippen molar-refractivity contribution in [2.45, 2.75) is 37.4 Å². The molecule has 126 valence electrons.